The number of hydrogen-bond acceptors (Lipinski definition) is 3. The Morgan fingerprint density at radius 1 is 1.00 bits per heavy atom. The minimum Gasteiger partial charge on any atom is -0.501 e. The van der Waals surface area contributed by atoms with E-state index < -0.39 is 0 Å². The topological polar surface area (TPSA) is 27.7 Å². The Morgan fingerprint density at radius 3 is 2.17 bits per heavy atom. The summed E-state index contributed by atoms with van der Waals surface area (Å²) < 4.78 is 16.2. The smallest absolute Gasteiger partial charge is 0.0896 e. The molecule has 3 heteroatoms. The van der Waals surface area contributed by atoms with E-state index >= 15 is 0 Å². The van der Waals surface area contributed by atoms with Gasteiger partial charge in [-0.25, -0.2) is 0 Å². The first-order valence-electron chi connectivity index (χ1n) is 8.21. The van der Waals surface area contributed by atoms with Crippen LogP contribution in [0.5, 0.6) is 0 Å². The second-order valence-corrected chi connectivity index (χ2v) is 6.13. The standard InChI is InChI=1S/C20H30O3/c1-16(2)13-23-15-18(4)20-9-6-8-19(12-20)17(3)14-22-11-7-10-21-5/h6,8-9,12,14-16H,7,10-11,13H2,1-5H3/b17-14+,18-15+. The molecule has 0 unspecified atom stereocenters. The second kappa shape index (κ2) is 10.9. The fourth-order valence-corrected chi connectivity index (χ4v) is 1.98. The molecule has 0 amide bonds. The molecule has 0 spiro atoms. The van der Waals surface area contributed by atoms with Crippen molar-refractivity contribution in [2.45, 2.75) is 34.1 Å². The third-order valence-electron chi connectivity index (χ3n) is 3.33. The van der Waals surface area contributed by atoms with Crippen LogP contribution >= 0.6 is 0 Å². The zero-order valence-corrected chi connectivity index (χ0v) is 15.1. The van der Waals surface area contributed by atoms with Crippen molar-refractivity contribution in [2.75, 3.05) is 26.9 Å². The Hall–Kier alpha value is -1.74. The van der Waals surface area contributed by atoms with Gasteiger partial charge < -0.3 is 14.2 Å². The van der Waals surface area contributed by atoms with E-state index in [2.05, 4.69) is 52.0 Å². The number of benzene rings is 1. The maximum absolute atomic E-state index is 5.60. The predicted molar refractivity (Wildman–Crippen MR) is 97.0 cm³/mol. The van der Waals surface area contributed by atoms with Crippen LogP contribution in [0.15, 0.2) is 36.8 Å². The lowest BCUT2D eigenvalue weighted by Gasteiger charge is -2.09. The van der Waals surface area contributed by atoms with E-state index in [1.807, 2.05) is 12.5 Å². The summed E-state index contributed by atoms with van der Waals surface area (Å²) in [6.45, 7) is 10.6. The first-order valence-corrected chi connectivity index (χ1v) is 8.21. The van der Waals surface area contributed by atoms with Gasteiger partial charge in [0.1, 0.15) is 0 Å². The van der Waals surface area contributed by atoms with Gasteiger partial charge in [0.15, 0.2) is 0 Å². The van der Waals surface area contributed by atoms with Gasteiger partial charge >= 0.3 is 0 Å². The van der Waals surface area contributed by atoms with Crippen molar-refractivity contribution < 1.29 is 14.2 Å². The molecule has 0 aliphatic heterocycles. The van der Waals surface area contributed by atoms with Crippen LogP contribution < -0.4 is 0 Å². The number of methoxy groups -OCH3 is 1. The SMILES string of the molecule is COCCCO/C=C(\C)c1cccc(/C(C)=C/OCC(C)C)c1. The monoisotopic (exact) mass is 318 g/mol. The van der Waals surface area contributed by atoms with Crippen LogP contribution in [0.4, 0.5) is 0 Å². The van der Waals surface area contributed by atoms with Gasteiger partial charge in [0, 0.05) is 20.1 Å². The van der Waals surface area contributed by atoms with Crippen molar-refractivity contribution in [3.63, 3.8) is 0 Å². The maximum atomic E-state index is 5.60. The normalized spacial score (nSPS) is 12.6. The van der Waals surface area contributed by atoms with E-state index in [0.29, 0.717) is 12.5 Å². The van der Waals surface area contributed by atoms with E-state index in [1.165, 1.54) is 5.56 Å². The summed E-state index contributed by atoms with van der Waals surface area (Å²) in [5.41, 5.74) is 4.56. The van der Waals surface area contributed by atoms with Gasteiger partial charge in [-0.2, -0.15) is 0 Å². The molecule has 0 fully saturated rings. The summed E-state index contributed by atoms with van der Waals surface area (Å²) in [6.07, 6.45) is 4.57. The van der Waals surface area contributed by atoms with E-state index in [9.17, 15) is 0 Å². The number of ether oxygens (including phenoxy) is 3. The molecule has 1 aromatic carbocycles. The molecule has 3 nitrogen and oxygen atoms in total. The Bertz CT molecular complexity index is 515. The zero-order valence-electron chi connectivity index (χ0n) is 15.1. The van der Waals surface area contributed by atoms with Crippen LogP contribution in [0, 0.1) is 5.92 Å². The summed E-state index contributed by atoms with van der Waals surface area (Å²) in [5.74, 6) is 0.533. The van der Waals surface area contributed by atoms with E-state index in [-0.39, 0.29) is 0 Å². The molecule has 0 N–H and O–H groups in total. The van der Waals surface area contributed by atoms with E-state index in [4.69, 9.17) is 14.2 Å². The van der Waals surface area contributed by atoms with Crippen LogP contribution in [0.25, 0.3) is 11.1 Å². The van der Waals surface area contributed by atoms with Crippen molar-refractivity contribution in [2.24, 2.45) is 5.92 Å². The average Bonchev–Trinajstić information content (AvgIpc) is 2.54. The van der Waals surface area contributed by atoms with Gasteiger partial charge in [0.05, 0.1) is 25.7 Å². The lowest BCUT2D eigenvalue weighted by Crippen LogP contribution is -1.97. The molecule has 1 aromatic rings. The quantitative estimate of drug-likeness (QED) is 0.442. The highest BCUT2D eigenvalue weighted by molar-refractivity contribution is 5.70. The first-order chi connectivity index (χ1) is 11.0. The fourth-order valence-electron chi connectivity index (χ4n) is 1.98. The zero-order chi connectivity index (χ0) is 17.1. The van der Waals surface area contributed by atoms with Gasteiger partial charge in [-0.3, -0.25) is 0 Å². The summed E-state index contributed by atoms with van der Waals surface area (Å²) in [6, 6.07) is 8.42. The fraction of sp³-hybridized carbons (Fsp3) is 0.500. The molecule has 1 rings (SSSR count). The van der Waals surface area contributed by atoms with E-state index in [1.54, 1.807) is 7.11 Å². The summed E-state index contributed by atoms with van der Waals surface area (Å²) in [7, 11) is 1.70. The van der Waals surface area contributed by atoms with Crippen LogP contribution in [0.1, 0.15) is 45.2 Å². The minimum absolute atomic E-state index is 0.533. The number of hydrogen-bond donors (Lipinski definition) is 0. The minimum atomic E-state index is 0.533. The summed E-state index contributed by atoms with van der Waals surface area (Å²) in [5, 5.41) is 0. The Balaban J connectivity index is 2.66. The highest BCUT2D eigenvalue weighted by Gasteiger charge is 2.01. The summed E-state index contributed by atoms with van der Waals surface area (Å²) in [4.78, 5) is 0. The second-order valence-electron chi connectivity index (χ2n) is 6.13. The molecule has 0 aromatic heterocycles. The molecule has 128 valence electrons. The predicted octanol–water partition coefficient (Wildman–Crippen LogP) is 5.13. The molecule has 0 saturated carbocycles. The lowest BCUT2D eigenvalue weighted by atomic mass is 10.0. The van der Waals surface area contributed by atoms with Crippen LogP contribution in [0.3, 0.4) is 0 Å². The Kier molecular flexibility index (Phi) is 9.15. The molecule has 23 heavy (non-hydrogen) atoms. The van der Waals surface area contributed by atoms with Crippen LogP contribution in [-0.2, 0) is 14.2 Å². The van der Waals surface area contributed by atoms with Crippen molar-refractivity contribution in [3.8, 4) is 0 Å². The highest BCUT2D eigenvalue weighted by Crippen LogP contribution is 2.20. The van der Waals surface area contributed by atoms with E-state index in [0.717, 1.165) is 36.3 Å². The van der Waals surface area contributed by atoms with Crippen molar-refractivity contribution >= 4 is 11.1 Å². The molecule has 0 atom stereocenters. The van der Waals surface area contributed by atoms with Crippen molar-refractivity contribution in [1.82, 2.24) is 0 Å². The molecule has 0 saturated heterocycles. The maximum Gasteiger partial charge on any atom is 0.0896 e. The molecule has 0 bridgehead atoms. The van der Waals surface area contributed by atoms with Gasteiger partial charge in [-0.05, 0) is 48.1 Å². The van der Waals surface area contributed by atoms with Crippen molar-refractivity contribution in [1.29, 1.82) is 0 Å². The number of allylic oxidation sites excluding steroid dienone is 2. The lowest BCUT2D eigenvalue weighted by molar-refractivity contribution is 0.157. The molecule has 0 radical (unpaired) electrons. The molecule has 0 aliphatic carbocycles. The Morgan fingerprint density at radius 2 is 1.61 bits per heavy atom. The molecule has 0 heterocycles. The largest absolute Gasteiger partial charge is 0.501 e. The van der Waals surface area contributed by atoms with Gasteiger partial charge in [-0.1, -0.05) is 32.0 Å². The van der Waals surface area contributed by atoms with Gasteiger partial charge in [-0.15, -0.1) is 0 Å². The van der Waals surface area contributed by atoms with Crippen LogP contribution in [0.2, 0.25) is 0 Å². The third kappa shape index (κ3) is 7.89. The first kappa shape index (κ1) is 19.3. The third-order valence-corrected chi connectivity index (χ3v) is 3.33. The van der Waals surface area contributed by atoms with Gasteiger partial charge in [0.2, 0.25) is 0 Å². The molecular formula is C20H30O3. The highest BCUT2D eigenvalue weighted by atomic mass is 16.5. The van der Waals surface area contributed by atoms with Crippen molar-refractivity contribution in [3.05, 3.63) is 47.9 Å². The Labute approximate surface area is 141 Å². The summed E-state index contributed by atoms with van der Waals surface area (Å²) >= 11 is 0. The molecular weight excluding hydrogens is 288 g/mol. The molecule has 0 aliphatic rings. The number of rotatable bonds is 10. The van der Waals surface area contributed by atoms with Gasteiger partial charge in [0.25, 0.3) is 0 Å². The van der Waals surface area contributed by atoms with Crippen LogP contribution in [-0.4, -0.2) is 26.9 Å². The average molecular weight is 318 g/mol.